The van der Waals surface area contributed by atoms with Crippen LogP contribution in [0.4, 0.5) is 23.2 Å². The van der Waals surface area contributed by atoms with Crippen molar-refractivity contribution in [2.75, 3.05) is 5.43 Å². The summed E-state index contributed by atoms with van der Waals surface area (Å²) in [6, 6.07) is 2.28. The normalized spacial score (nSPS) is 10.8. The second-order valence-electron chi connectivity index (χ2n) is 3.87. The maximum Gasteiger partial charge on any atom is 0.573 e. The van der Waals surface area contributed by atoms with Crippen molar-refractivity contribution in [1.82, 2.24) is 0 Å². The number of Topliss-reactive ketones (excluding diaryl/α,β-unsaturated/α-hetero) is 2. The molecule has 21 heavy (non-hydrogen) atoms. The summed E-state index contributed by atoms with van der Waals surface area (Å²) in [7, 11) is 0. The molecule has 1 aromatic carbocycles. The first-order valence-electron chi connectivity index (χ1n) is 5.51. The number of nitrogens with zero attached hydrogens (tertiary/aromatic N) is 1. The van der Waals surface area contributed by atoms with Crippen LogP contribution in [0.25, 0.3) is 0 Å². The van der Waals surface area contributed by atoms with E-state index < -0.39 is 35.2 Å². The van der Waals surface area contributed by atoms with Crippen LogP contribution in [-0.2, 0) is 9.59 Å². The maximum absolute atomic E-state index is 13.5. The van der Waals surface area contributed by atoms with E-state index >= 15 is 0 Å². The molecule has 114 valence electrons. The maximum atomic E-state index is 13.5. The summed E-state index contributed by atoms with van der Waals surface area (Å²) in [6.07, 6.45) is -4.93. The first-order valence-corrected chi connectivity index (χ1v) is 5.51. The number of hydrogen-bond donors (Lipinski definition) is 1. The SMILES string of the molecule is CC(=O)C(=NNc1ccc(OC(F)(F)F)cc1F)C(C)=O. The lowest BCUT2D eigenvalue weighted by atomic mass is 10.2. The third kappa shape index (κ3) is 5.21. The highest BCUT2D eigenvalue weighted by atomic mass is 19.4. The molecule has 0 unspecified atom stereocenters. The lowest BCUT2D eigenvalue weighted by molar-refractivity contribution is -0.274. The second-order valence-corrected chi connectivity index (χ2v) is 3.87. The lowest BCUT2D eigenvalue weighted by Crippen LogP contribution is -2.20. The topological polar surface area (TPSA) is 67.8 Å². The average Bonchev–Trinajstić information content (AvgIpc) is 2.28. The number of carbonyl (C=O) groups is 2. The number of hydrazone groups is 1. The molecule has 0 saturated heterocycles. The number of halogens is 4. The zero-order chi connectivity index (χ0) is 16.2. The molecular weight excluding hydrogens is 296 g/mol. The number of carbonyl (C=O) groups excluding carboxylic acids is 2. The Bertz CT molecular complexity index is 581. The van der Waals surface area contributed by atoms with Gasteiger partial charge in [-0.15, -0.1) is 13.2 Å². The van der Waals surface area contributed by atoms with Gasteiger partial charge in [-0.2, -0.15) is 5.10 Å². The van der Waals surface area contributed by atoms with Crippen molar-refractivity contribution in [3.05, 3.63) is 24.0 Å². The van der Waals surface area contributed by atoms with Gasteiger partial charge in [0.15, 0.2) is 23.1 Å². The van der Waals surface area contributed by atoms with Crippen LogP contribution in [0.2, 0.25) is 0 Å². The van der Waals surface area contributed by atoms with Crippen LogP contribution in [-0.4, -0.2) is 23.6 Å². The number of nitrogens with one attached hydrogen (secondary N) is 1. The van der Waals surface area contributed by atoms with Crippen LogP contribution >= 0.6 is 0 Å². The molecule has 0 bridgehead atoms. The fraction of sp³-hybridized carbons (Fsp3) is 0.250. The van der Waals surface area contributed by atoms with Gasteiger partial charge in [-0.25, -0.2) is 4.39 Å². The number of rotatable bonds is 5. The van der Waals surface area contributed by atoms with Crippen molar-refractivity contribution in [3.63, 3.8) is 0 Å². The predicted octanol–water partition coefficient (Wildman–Crippen LogP) is 2.67. The molecule has 5 nitrogen and oxygen atoms in total. The number of alkyl halides is 3. The monoisotopic (exact) mass is 306 g/mol. The van der Waals surface area contributed by atoms with Gasteiger partial charge in [0.2, 0.25) is 0 Å². The van der Waals surface area contributed by atoms with Gasteiger partial charge in [-0.1, -0.05) is 0 Å². The van der Waals surface area contributed by atoms with Crippen molar-refractivity contribution in [1.29, 1.82) is 0 Å². The quantitative estimate of drug-likeness (QED) is 0.393. The van der Waals surface area contributed by atoms with Gasteiger partial charge < -0.3 is 4.74 Å². The van der Waals surface area contributed by atoms with Crippen molar-refractivity contribution in [2.45, 2.75) is 20.2 Å². The smallest absolute Gasteiger partial charge is 0.406 e. The Morgan fingerprint density at radius 2 is 1.76 bits per heavy atom. The highest BCUT2D eigenvalue weighted by molar-refractivity contribution is 6.65. The Balaban J connectivity index is 2.94. The van der Waals surface area contributed by atoms with Gasteiger partial charge in [-0.05, 0) is 12.1 Å². The second kappa shape index (κ2) is 6.33. The van der Waals surface area contributed by atoms with Crippen LogP contribution in [0, 0.1) is 5.82 Å². The predicted molar refractivity (Wildman–Crippen MR) is 65.5 cm³/mol. The largest absolute Gasteiger partial charge is 0.573 e. The summed E-state index contributed by atoms with van der Waals surface area (Å²) < 4.78 is 52.9. The van der Waals surface area contributed by atoms with Crippen molar-refractivity contribution in [2.24, 2.45) is 5.10 Å². The van der Waals surface area contributed by atoms with Crippen LogP contribution in [0.15, 0.2) is 23.3 Å². The molecule has 0 spiro atoms. The molecule has 0 radical (unpaired) electrons. The number of ether oxygens (including phenoxy) is 1. The highest BCUT2D eigenvalue weighted by Crippen LogP contribution is 2.26. The Labute approximate surface area is 116 Å². The zero-order valence-corrected chi connectivity index (χ0v) is 10.9. The first-order chi connectivity index (χ1) is 9.60. The van der Waals surface area contributed by atoms with E-state index in [0.717, 1.165) is 26.0 Å². The molecule has 0 aromatic heterocycles. The number of ketones is 2. The summed E-state index contributed by atoms with van der Waals surface area (Å²) in [5, 5.41) is 3.42. The molecular formula is C12H10F4N2O3. The lowest BCUT2D eigenvalue weighted by Gasteiger charge is -2.10. The van der Waals surface area contributed by atoms with E-state index in [2.05, 4.69) is 15.3 Å². The molecule has 1 N–H and O–H groups in total. The molecule has 0 saturated carbocycles. The molecule has 0 atom stereocenters. The van der Waals surface area contributed by atoms with E-state index in [4.69, 9.17) is 0 Å². The summed E-state index contributed by atoms with van der Waals surface area (Å²) in [4.78, 5) is 22.1. The zero-order valence-electron chi connectivity index (χ0n) is 10.9. The Kier molecular flexibility index (Phi) is 5.01. The van der Waals surface area contributed by atoms with Gasteiger partial charge in [0.05, 0.1) is 5.69 Å². The third-order valence-corrected chi connectivity index (χ3v) is 2.13. The molecule has 0 aliphatic carbocycles. The minimum absolute atomic E-state index is 0.315. The summed E-state index contributed by atoms with van der Waals surface area (Å²) in [5.41, 5.74) is 1.35. The third-order valence-electron chi connectivity index (χ3n) is 2.13. The molecule has 0 fully saturated rings. The number of benzene rings is 1. The molecule has 1 aromatic rings. The van der Waals surface area contributed by atoms with Crippen molar-refractivity contribution >= 4 is 23.0 Å². The number of anilines is 1. The van der Waals surface area contributed by atoms with Crippen molar-refractivity contribution in [3.8, 4) is 5.75 Å². The van der Waals surface area contributed by atoms with Gasteiger partial charge in [0.1, 0.15) is 5.75 Å². The van der Waals surface area contributed by atoms with E-state index in [-0.39, 0.29) is 5.69 Å². The Morgan fingerprint density at radius 1 is 1.19 bits per heavy atom. The van der Waals surface area contributed by atoms with E-state index in [9.17, 15) is 27.2 Å². The molecule has 0 aliphatic rings. The fourth-order valence-electron chi connectivity index (χ4n) is 1.31. The molecule has 9 heteroatoms. The Morgan fingerprint density at radius 3 is 2.19 bits per heavy atom. The summed E-state index contributed by atoms with van der Waals surface area (Å²) in [6.45, 7) is 2.19. The number of hydrogen-bond acceptors (Lipinski definition) is 5. The van der Waals surface area contributed by atoms with E-state index in [1.807, 2.05) is 0 Å². The first kappa shape index (κ1) is 16.6. The van der Waals surface area contributed by atoms with E-state index in [1.54, 1.807) is 0 Å². The molecule has 0 aliphatic heterocycles. The van der Waals surface area contributed by atoms with Crippen LogP contribution in [0.5, 0.6) is 5.75 Å². The van der Waals surface area contributed by atoms with Crippen LogP contribution in [0.1, 0.15) is 13.8 Å². The molecule has 0 amide bonds. The van der Waals surface area contributed by atoms with E-state index in [0.29, 0.717) is 6.07 Å². The fourth-order valence-corrected chi connectivity index (χ4v) is 1.31. The van der Waals surface area contributed by atoms with E-state index in [1.165, 1.54) is 0 Å². The van der Waals surface area contributed by atoms with Gasteiger partial charge in [0.25, 0.3) is 0 Å². The molecule has 0 heterocycles. The highest BCUT2D eigenvalue weighted by Gasteiger charge is 2.31. The Hall–Kier alpha value is -2.45. The van der Waals surface area contributed by atoms with Crippen molar-refractivity contribution < 1.29 is 31.9 Å². The van der Waals surface area contributed by atoms with Gasteiger partial charge in [0, 0.05) is 19.9 Å². The van der Waals surface area contributed by atoms with Gasteiger partial charge in [-0.3, -0.25) is 15.0 Å². The van der Waals surface area contributed by atoms with Gasteiger partial charge >= 0.3 is 6.36 Å². The minimum atomic E-state index is -4.93. The standard InChI is InChI=1S/C12H10F4N2O3/c1-6(19)11(7(2)20)18-17-10-4-3-8(5-9(10)13)21-12(14,15)16/h3-5,17H,1-2H3. The average molecular weight is 306 g/mol. The molecule has 1 rings (SSSR count). The minimum Gasteiger partial charge on any atom is -0.406 e. The van der Waals surface area contributed by atoms with Crippen LogP contribution < -0.4 is 10.2 Å². The summed E-state index contributed by atoms with van der Waals surface area (Å²) >= 11 is 0. The summed E-state index contributed by atoms with van der Waals surface area (Å²) in [5.74, 6) is -3.10. The van der Waals surface area contributed by atoms with Crippen LogP contribution in [0.3, 0.4) is 0 Å².